The maximum Gasteiger partial charge on any atom is 0.439 e. The van der Waals surface area contributed by atoms with E-state index in [0.717, 1.165) is 23.1 Å². The Balaban J connectivity index is 1.70. The zero-order chi connectivity index (χ0) is 27.9. The number of benzene rings is 2. The molecule has 0 radical (unpaired) electrons. The Morgan fingerprint density at radius 1 is 1.03 bits per heavy atom. The van der Waals surface area contributed by atoms with Crippen molar-refractivity contribution in [2.45, 2.75) is 52.6 Å². The monoisotopic (exact) mass is 528 g/mol. The molecule has 202 valence electrons. The minimum atomic E-state index is -1.02. The molecule has 0 fully saturated rings. The molecule has 0 bridgehead atoms. The quantitative estimate of drug-likeness (QED) is 0.267. The second kappa shape index (κ2) is 12.3. The molecular formula is C30H32N4O5. The molecule has 1 unspecified atom stereocenters. The standard InChI is InChI=1S/C30H32N4O5/c1-4-5-11-26(35)34(27(19(2)3)29(36)37)18-20-12-15-25(31-17-20)24-16-22(21-9-7-6-8-10-21)13-14-23(24)28-32-30(38)39-33-28/h6-10,12-17,19,27H,4-5,11,18H2,1-3H3,(H,36,37)(H,32,33,38). The number of carboxylic acid groups (broad SMARTS) is 1. The summed E-state index contributed by atoms with van der Waals surface area (Å²) in [6.45, 7) is 5.73. The fourth-order valence-electron chi connectivity index (χ4n) is 4.58. The average Bonchev–Trinajstić information content (AvgIpc) is 3.37. The number of pyridine rings is 1. The lowest BCUT2D eigenvalue weighted by Gasteiger charge is -2.31. The Hall–Kier alpha value is -4.53. The minimum Gasteiger partial charge on any atom is -0.480 e. The number of carbonyl (C=O) groups is 2. The molecule has 9 nitrogen and oxygen atoms in total. The fourth-order valence-corrected chi connectivity index (χ4v) is 4.58. The number of nitrogens with zero attached hydrogens (tertiary/aromatic N) is 3. The van der Waals surface area contributed by atoms with Crippen LogP contribution < -0.4 is 5.76 Å². The van der Waals surface area contributed by atoms with Crippen molar-refractivity contribution in [3.63, 3.8) is 0 Å². The van der Waals surface area contributed by atoms with Gasteiger partial charge in [-0.25, -0.2) is 9.59 Å². The van der Waals surface area contributed by atoms with Crippen LogP contribution in [0.1, 0.15) is 45.6 Å². The highest BCUT2D eigenvalue weighted by Crippen LogP contribution is 2.33. The van der Waals surface area contributed by atoms with Gasteiger partial charge in [0, 0.05) is 30.3 Å². The van der Waals surface area contributed by atoms with Crippen molar-refractivity contribution in [1.82, 2.24) is 20.0 Å². The number of aromatic nitrogens is 3. The second-order valence-electron chi connectivity index (χ2n) is 9.77. The molecule has 39 heavy (non-hydrogen) atoms. The van der Waals surface area contributed by atoms with Gasteiger partial charge >= 0.3 is 11.7 Å². The van der Waals surface area contributed by atoms with E-state index in [2.05, 4.69) is 15.1 Å². The van der Waals surface area contributed by atoms with Gasteiger partial charge in [0.15, 0.2) is 5.82 Å². The number of H-pyrrole nitrogens is 1. The number of hydrogen-bond donors (Lipinski definition) is 2. The first-order chi connectivity index (χ1) is 18.8. The maximum absolute atomic E-state index is 13.0. The van der Waals surface area contributed by atoms with E-state index in [1.165, 1.54) is 4.90 Å². The third-order valence-electron chi connectivity index (χ3n) is 6.56. The highest BCUT2D eigenvalue weighted by Gasteiger charge is 2.32. The van der Waals surface area contributed by atoms with E-state index in [9.17, 15) is 19.5 Å². The van der Waals surface area contributed by atoms with E-state index >= 15 is 0 Å². The highest BCUT2D eigenvalue weighted by molar-refractivity contribution is 5.84. The molecule has 1 amide bonds. The van der Waals surface area contributed by atoms with Gasteiger partial charge in [-0.3, -0.25) is 19.3 Å². The molecule has 2 heterocycles. The lowest BCUT2D eigenvalue weighted by Crippen LogP contribution is -2.47. The van der Waals surface area contributed by atoms with Crippen molar-refractivity contribution in [3.8, 4) is 33.8 Å². The van der Waals surface area contributed by atoms with E-state index in [0.29, 0.717) is 29.7 Å². The number of hydrogen-bond acceptors (Lipinski definition) is 6. The lowest BCUT2D eigenvalue weighted by molar-refractivity contribution is -0.153. The molecule has 0 spiro atoms. The zero-order valence-corrected chi connectivity index (χ0v) is 22.3. The Morgan fingerprint density at radius 3 is 2.38 bits per heavy atom. The topological polar surface area (TPSA) is 129 Å². The molecule has 0 saturated heterocycles. The Bertz CT molecular complexity index is 1480. The van der Waals surface area contributed by atoms with Gasteiger partial charge in [-0.15, -0.1) is 0 Å². The van der Waals surface area contributed by atoms with Crippen LogP contribution in [0, 0.1) is 5.92 Å². The van der Waals surface area contributed by atoms with Crippen LogP contribution in [-0.4, -0.2) is 43.0 Å². The summed E-state index contributed by atoms with van der Waals surface area (Å²) >= 11 is 0. The maximum atomic E-state index is 13.0. The lowest BCUT2D eigenvalue weighted by atomic mass is 9.96. The molecule has 0 saturated carbocycles. The molecule has 9 heteroatoms. The third-order valence-corrected chi connectivity index (χ3v) is 6.56. The first kappa shape index (κ1) is 27.5. The SMILES string of the molecule is CCCCC(=O)N(Cc1ccc(-c2cc(-c3ccccc3)ccc2-c2noc(=O)[nH]2)nc1)C(C(=O)O)C(C)C. The predicted molar refractivity (Wildman–Crippen MR) is 148 cm³/mol. The van der Waals surface area contributed by atoms with Crippen LogP contribution in [0.4, 0.5) is 0 Å². The summed E-state index contributed by atoms with van der Waals surface area (Å²) < 4.78 is 4.73. The second-order valence-corrected chi connectivity index (χ2v) is 9.77. The first-order valence-electron chi connectivity index (χ1n) is 13.0. The van der Waals surface area contributed by atoms with E-state index < -0.39 is 17.8 Å². The van der Waals surface area contributed by atoms with Crippen molar-refractivity contribution in [3.05, 3.63) is 83.0 Å². The molecule has 0 aliphatic rings. The Kier molecular flexibility index (Phi) is 8.70. The van der Waals surface area contributed by atoms with Crippen LogP contribution >= 0.6 is 0 Å². The van der Waals surface area contributed by atoms with Gasteiger partial charge < -0.3 is 10.0 Å². The number of aromatic amines is 1. The van der Waals surface area contributed by atoms with Crippen molar-refractivity contribution in [2.24, 2.45) is 5.92 Å². The summed E-state index contributed by atoms with van der Waals surface area (Å²) in [7, 11) is 0. The van der Waals surface area contributed by atoms with Crippen molar-refractivity contribution < 1.29 is 19.2 Å². The van der Waals surface area contributed by atoms with Crippen molar-refractivity contribution in [2.75, 3.05) is 0 Å². The molecule has 2 aromatic heterocycles. The number of carbonyl (C=O) groups excluding carboxylic acids is 1. The van der Waals surface area contributed by atoms with Crippen LogP contribution in [0.3, 0.4) is 0 Å². The largest absolute Gasteiger partial charge is 0.480 e. The number of aliphatic carboxylic acids is 1. The van der Waals surface area contributed by atoms with E-state index in [1.54, 1.807) is 20.0 Å². The average molecular weight is 529 g/mol. The van der Waals surface area contributed by atoms with Crippen molar-refractivity contribution >= 4 is 11.9 Å². The molecule has 2 N–H and O–H groups in total. The molecular weight excluding hydrogens is 496 g/mol. The molecule has 4 aromatic rings. The molecule has 1 atom stereocenters. The van der Waals surface area contributed by atoms with Crippen LogP contribution in [-0.2, 0) is 16.1 Å². The molecule has 0 aliphatic heterocycles. The van der Waals surface area contributed by atoms with Gasteiger partial charge in [0.1, 0.15) is 6.04 Å². The number of carboxylic acids is 1. The summed E-state index contributed by atoms with van der Waals surface area (Å²) in [4.78, 5) is 45.4. The predicted octanol–water partition coefficient (Wildman–Crippen LogP) is 5.39. The van der Waals surface area contributed by atoms with Gasteiger partial charge in [0.05, 0.1) is 5.69 Å². The molecule has 4 rings (SSSR count). The smallest absolute Gasteiger partial charge is 0.439 e. The molecule has 0 aliphatic carbocycles. The van der Waals surface area contributed by atoms with Gasteiger partial charge in [-0.05, 0) is 47.2 Å². The number of amides is 1. The summed E-state index contributed by atoms with van der Waals surface area (Å²) in [5.41, 5.74) is 4.69. The van der Waals surface area contributed by atoms with Gasteiger partial charge in [0.25, 0.3) is 0 Å². The van der Waals surface area contributed by atoms with E-state index in [1.807, 2.05) is 67.6 Å². The summed E-state index contributed by atoms with van der Waals surface area (Å²) in [6.07, 6.45) is 3.49. The third kappa shape index (κ3) is 6.49. The number of unbranched alkanes of at least 4 members (excludes halogenated alkanes) is 1. The minimum absolute atomic E-state index is 0.137. The van der Waals surface area contributed by atoms with Gasteiger partial charge in [-0.2, -0.15) is 0 Å². The first-order valence-corrected chi connectivity index (χ1v) is 13.0. The highest BCUT2D eigenvalue weighted by atomic mass is 16.5. The number of nitrogens with one attached hydrogen (secondary N) is 1. The van der Waals surface area contributed by atoms with Crippen LogP contribution in [0.15, 0.2) is 76.2 Å². The Labute approximate surface area is 226 Å². The van der Waals surface area contributed by atoms with Gasteiger partial charge in [-0.1, -0.05) is 74.8 Å². The van der Waals surface area contributed by atoms with E-state index in [4.69, 9.17) is 4.52 Å². The molecule has 2 aromatic carbocycles. The van der Waals surface area contributed by atoms with Crippen molar-refractivity contribution in [1.29, 1.82) is 0 Å². The van der Waals surface area contributed by atoms with Crippen LogP contribution in [0.2, 0.25) is 0 Å². The fraction of sp³-hybridized carbons (Fsp3) is 0.300. The van der Waals surface area contributed by atoms with E-state index in [-0.39, 0.29) is 24.2 Å². The zero-order valence-electron chi connectivity index (χ0n) is 22.3. The van der Waals surface area contributed by atoms with Crippen LogP contribution in [0.5, 0.6) is 0 Å². The Morgan fingerprint density at radius 2 is 1.79 bits per heavy atom. The summed E-state index contributed by atoms with van der Waals surface area (Å²) in [5, 5.41) is 13.7. The van der Waals surface area contributed by atoms with Crippen LogP contribution in [0.25, 0.3) is 33.8 Å². The summed E-state index contributed by atoms with van der Waals surface area (Å²) in [6, 6.07) is 18.4. The normalized spacial score (nSPS) is 11.9. The number of rotatable bonds is 11. The summed E-state index contributed by atoms with van der Waals surface area (Å²) in [5.74, 6) is -1.83. The van der Waals surface area contributed by atoms with Gasteiger partial charge in [0.2, 0.25) is 5.91 Å².